The lowest BCUT2D eigenvalue weighted by Gasteiger charge is -2.09. The van der Waals surface area contributed by atoms with Crippen LogP contribution in [0.4, 0.5) is 0 Å². The molecular formula is C17H35ClOSi2. The molecule has 0 aliphatic heterocycles. The van der Waals surface area contributed by atoms with Crippen LogP contribution in [0.3, 0.4) is 0 Å². The first kappa shape index (κ1) is 25.7. The summed E-state index contributed by atoms with van der Waals surface area (Å²) in [5.74, 6) is 5.87. The number of halogens is 1. The molecule has 0 spiro atoms. The Morgan fingerprint density at radius 1 is 0.762 bits per heavy atom. The van der Waals surface area contributed by atoms with Gasteiger partial charge in [0.25, 0.3) is 0 Å². The van der Waals surface area contributed by atoms with Crippen molar-refractivity contribution in [2.24, 2.45) is 0 Å². The molecule has 0 amide bonds. The Morgan fingerprint density at radius 3 is 1.14 bits per heavy atom. The monoisotopic (exact) mass is 346 g/mol. The van der Waals surface area contributed by atoms with Crippen molar-refractivity contribution >= 4 is 27.7 Å². The van der Waals surface area contributed by atoms with Crippen LogP contribution in [-0.2, 0) is 0 Å². The topological polar surface area (TPSA) is 20.2 Å². The van der Waals surface area contributed by atoms with E-state index < -0.39 is 21.7 Å². The lowest BCUT2D eigenvalue weighted by molar-refractivity contribution is 0.143. The highest BCUT2D eigenvalue weighted by Gasteiger charge is 2.12. The Hall–Kier alpha value is -0.196. The average molecular weight is 347 g/mol. The van der Waals surface area contributed by atoms with E-state index in [1.165, 1.54) is 0 Å². The lowest BCUT2D eigenvalue weighted by Crippen LogP contribution is -2.21. The predicted molar refractivity (Wildman–Crippen MR) is 105 cm³/mol. The van der Waals surface area contributed by atoms with Gasteiger partial charge in [0, 0.05) is 0 Å². The first-order valence-electron chi connectivity index (χ1n) is 6.91. The van der Waals surface area contributed by atoms with Crippen LogP contribution >= 0.6 is 11.6 Å². The van der Waals surface area contributed by atoms with E-state index in [1.54, 1.807) is 13.8 Å². The summed E-state index contributed by atoms with van der Waals surface area (Å²) >= 11 is 5.89. The summed E-state index contributed by atoms with van der Waals surface area (Å²) in [7, 11) is -2.50. The molecule has 0 aliphatic carbocycles. The zero-order valence-electron chi connectivity index (χ0n) is 14.8. The molecule has 4 heteroatoms. The SMILES string of the molecule is C.CC(C)(Cl)C#C[Si](C)(C)C.CC(C)(O)C#C[Si](C)(C)C. The van der Waals surface area contributed by atoms with Crippen LogP contribution in [0.15, 0.2) is 0 Å². The Labute approximate surface area is 140 Å². The highest BCUT2D eigenvalue weighted by atomic mass is 35.5. The van der Waals surface area contributed by atoms with Gasteiger partial charge in [-0.3, -0.25) is 0 Å². The molecule has 124 valence electrons. The minimum absolute atomic E-state index is 0. The average Bonchev–Trinajstić information content (AvgIpc) is 2.09. The molecule has 21 heavy (non-hydrogen) atoms. The van der Waals surface area contributed by atoms with E-state index in [0.717, 1.165) is 0 Å². The summed E-state index contributed by atoms with van der Waals surface area (Å²) < 4.78 is 0. The third-order valence-electron chi connectivity index (χ3n) is 1.48. The molecule has 0 fully saturated rings. The van der Waals surface area contributed by atoms with Crippen LogP contribution in [0.5, 0.6) is 0 Å². The second-order valence-corrected chi connectivity index (χ2v) is 18.5. The molecule has 0 aromatic rings. The maximum Gasteiger partial charge on any atom is 0.129 e. The van der Waals surface area contributed by atoms with Crippen LogP contribution in [0, 0.1) is 22.9 Å². The van der Waals surface area contributed by atoms with E-state index in [-0.39, 0.29) is 12.3 Å². The van der Waals surface area contributed by atoms with Gasteiger partial charge in [0.1, 0.15) is 21.7 Å². The Morgan fingerprint density at radius 2 is 1.05 bits per heavy atom. The van der Waals surface area contributed by atoms with Gasteiger partial charge in [-0.25, -0.2) is 0 Å². The summed E-state index contributed by atoms with van der Waals surface area (Å²) in [6, 6.07) is 0. The van der Waals surface area contributed by atoms with Crippen LogP contribution in [0.25, 0.3) is 0 Å². The van der Waals surface area contributed by atoms with E-state index in [0.29, 0.717) is 0 Å². The van der Waals surface area contributed by atoms with Crippen LogP contribution in [0.2, 0.25) is 39.3 Å². The third-order valence-corrected chi connectivity index (χ3v) is 3.32. The molecule has 0 saturated heterocycles. The van der Waals surface area contributed by atoms with Gasteiger partial charge in [-0.1, -0.05) is 58.5 Å². The smallest absolute Gasteiger partial charge is 0.129 e. The molecule has 1 N–H and O–H groups in total. The van der Waals surface area contributed by atoms with E-state index in [1.807, 2.05) is 13.8 Å². The molecule has 0 bridgehead atoms. The van der Waals surface area contributed by atoms with Crippen LogP contribution in [0.1, 0.15) is 35.1 Å². The second kappa shape index (κ2) is 9.06. The predicted octanol–water partition coefficient (Wildman–Crippen LogP) is 5.16. The van der Waals surface area contributed by atoms with E-state index >= 15 is 0 Å². The quantitative estimate of drug-likeness (QED) is 0.365. The molecular weight excluding hydrogens is 312 g/mol. The molecule has 0 radical (unpaired) electrons. The summed E-state index contributed by atoms with van der Waals surface area (Å²) in [5.41, 5.74) is 5.50. The second-order valence-electron chi connectivity index (χ2n) is 8.03. The van der Waals surface area contributed by atoms with Crippen molar-refractivity contribution in [1.82, 2.24) is 0 Å². The molecule has 0 rings (SSSR count). The Balaban J connectivity index is -0.000000295. The number of alkyl halides is 1. The zero-order chi connectivity index (χ0) is 16.8. The lowest BCUT2D eigenvalue weighted by atomic mass is 10.2. The van der Waals surface area contributed by atoms with Gasteiger partial charge in [-0.15, -0.1) is 22.7 Å². The van der Waals surface area contributed by atoms with Gasteiger partial charge in [0.2, 0.25) is 0 Å². The minimum atomic E-state index is -1.29. The number of hydrogen-bond donors (Lipinski definition) is 1. The minimum Gasteiger partial charge on any atom is -0.378 e. The Kier molecular flexibility index (Phi) is 11.1. The molecule has 0 aliphatic rings. The molecule has 0 atom stereocenters. The van der Waals surface area contributed by atoms with Gasteiger partial charge in [0.05, 0.1) is 4.87 Å². The van der Waals surface area contributed by atoms with Crippen molar-refractivity contribution in [2.45, 2.75) is 84.9 Å². The first-order chi connectivity index (χ1) is 8.41. The van der Waals surface area contributed by atoms with Crippen LogP contribution in [-0.4, -0.2) is 31.7 Å². The van der Waals surface area contributed by atoms with E-state index in [2.05, 4.69) is 62.2 Å². The van der Waals surface area contributed by atoms with Gasteiger partial charge < -0.3 is 5.11 Å². The largest absolute Gasteiger partial charge is 0.378 e. The number of hydrogen-bond acceptors (Lipinski definition) is 1. The fraction of sp³-hybridized carbons (Fsp3) is 0.765. The van der Waals surface area contributed by atoms with Gasteiger partial charge in [0.15, 0.2) is 0 Å². The summed E-state index contributed by atoms with van der Waals surface area (Å²) in [6.07, 6.45) is 0. The Bertz CT molecular complexity index is 329. The van der Waals surface area contributed by atoms with Gasteiger partial charge >= 0.3 is 0 Å². The number of rotatable bonds is 0. The van der Waals surface area contributed by atoms with E-state index in [9.17, 15) is 5.11 Å². The molecule has 0 aromatic heterocycles. The zero-order valence-corrected chi connectivity index (χ0v) is 17.6. The van der Waals surface area contributed by atoms with Crippen molar-refractivity contribution in [1.29, 1.82) is 0 Å². The summed E-state index contributed by atoms with van der Waals surface area (Å²) in [6.45, 7) is 20.4. The van der Waals surface area contributed by atoms with Crippen molar-refractivity contribution in [3.8, 4) is 22.9 Å². The van der Waals surface area contributed by atoms with Crippen molar-refractivity contribution in [3.63, 3.8) is 0 Å². The fourth-order valence-electron chi connectivity index (χ4n) is 0.677. The number of aliphatic hydroxyl groups is 1. The van der Waals surface area contributed by atoms with Crippen molar-refractivity contribution < 1.29 is 5.11 Å². The summed E-state index contributed by atoms with van der Waals surface area (Å²) in [5, 5.41) is 9.23. The summed E-state index contributed by atoms with van der Waals surface area (Å²) in [4.78, 5) is -0.347. The maximum atomic E-state index is 9.23. The third kappa shape index (κ3) is 32.9. The molecule has 1 nitrogen and oxygen atoms in total. The first-order valence-corrected chi connectivity index (χ1v) is 14.3. The van der Waals surface area contributed by atoms with Crippen LogP contribution < -0.4 is 0 Å². The molecule has 0 unspecified atom stereocenters. The standard InChI is InChI=1S/C8H15ClSi.C8H16OSi.CH4/c2*1-8(2,9)6-7-10(3,4)5;/h1-5H3;9H,1-5H3;1H4. The van der Waals surface area contributed by atoms with Gasteiger partial charge in [-0.2, -0.15) is 0 Å². The van der Waals surface area contributed by atoms with Crippen molar-refractivity contribution in [2.75, 3.05) is 0 Å². The van der Waals surface area contributed by atoms with Gasteiger partial charge in [-0.05, 0) is 27.7 Å². The van der Waals surface area contributed by atoms with E-state index in [4.69, 9.17) is 11.6 Å². The molecule has 0 aromatic carbocycles. The van der Waals surface area contributed by atoms with Crippen molar-refractivity contribution in [3.05, 3.63) is 0 Å². The highest BCUT2D eigenvalue weighted by Crippen LogP contribution is 2.10. The normalized spacial score (nSPS) is 11.6. The molecule has 0 heterocycles. The highest BCUT2D eigenvalue weighted by molar-refractivity contribution is 6.84. The molecule has 0 saturated carbocycles. The maximum absolute atomic E-state index is 9.23. The fourth-order valence-corrected chi connectivity index (χ4v) is 2.17.